The van der Waals surface area contributed by atoms with Gasteiger partial charge in [0.25, 0.3) is 5.91 Å². The predicted octanol–water partition coefficient (Wildman–Crippen LogP) is 2.90. The third-order valence-corrected chi connectivity index (χ3v) is 4.28. The van der Waals surface area contributed by atoms with Crippen LogP contribution in [0.25, 0.3) is 5.69 Å². The van der Waals surface area contributed by atoms with Crippen LogP contribution in [0.5, 0.6) is 0 Å². The first-order valence-corrected chi connectivity index (χ1v) is 7.88. The Kier molecular flexibility index (Phi) is 3.96. The van der Waals surface area contributed by atoms with Crippen LogP contribution < -0.4 is 0 Å². The molecule has 5 heteroatoms. The molecule has 1 amide bonds. The van der Waals surface area contributed by atoms with Crippen LogP contribution in [0.2, 0.25) is 0 Å². The molecule has 1 aliphatic heterocycles. The van der Waals surface area contributed by atoms with Gasteiger partial charge in [-0.3, -0.25) is 4.79 Å². The van der Waals surface area contributed by atoms with Crippen molar-refractivity contribution in [2.75, 3.05) is 6.54 Å². The summed E-state index contributed by atoms with van der Waals surface area (Å²) in [7, 11) is 0. The van der Waals surface area contributed by atoms with Gasteiger partial charge in [0.1, 0.15) is 0 Å². The number of rotatable bonds is 2. The van der Waals surface area contributed by atoms with E-state index in [0.29, 0.717) is 11.4 Å². The van der Waals surface area contributed by atoms with Crippen molar-refractivity contribution in [1.82, 2.24) is 19.9 Å². The van der Waals surface area contributed by atoms with Crippen molar-refractivity contribution >= 4 is 5.91 Å². The molecule has 0 aliphatic carbocycles. The number of likely N-dealkylation sites (tertiary alicyclic amines) is 1. The van der Waals surface area contributed by atoms with Crippen molar-refractivity contribution < 1.29 is 4.79 Å². The van der Waals surface area contributed by atoms with Gasteiger partial charge in [0.05, 0.1) is 11.4 Å². The van der Waals surface area contributed by atoms with Crippen molar-refractivity contribution in [3.63, 3.8) is 0 Å². The monoisotopic (exact) mass is 298 g/mol. The Balaban J connectivity index is 1.90. The summed E-state index contributed by atoms with van der Waals surface area (Å²) >= 11 is 0. The Bertz CT molecular complexity index is 692. The predicted molar refractivity (Wildman–Crippen MR) is 85.2 cm³/mol. The Labute approximate surface area is 130 Å². The van der Waals surface area contributed by atoms with Crippen LogP contribution >= 0.6 is 0 Å². The third-order valence-electron chi connectivity index (χ3n) is 4.28. The van der Waals surface area contributed by atoms with E-state index in [-0.39, 0.29) is 11.9 Å². The van der Waals surface area contributed by atoms with Gasteiger partial charge in [-0.2, -0.15) is 9.90 Å². The summed E-state index contributed by atoms with van der Waals surface area (Å²) in [6.07, 6.45) is 3.33. The second-order valence-electron chi connectivity index (χ2n) is 6.11. The molecule has 22 heavy (non-hydrogen) atoms. The van der Waals surface area contributed by atoms with Gasteiger partial charge in [0.2, 0.25) is 0 Å². The fourth-order valence-electron chi connectivity index (χ4n) is 2.98. The average molecular weight is 298 g/mol. The summed E-state index contributed by atoms with van der Waals surface area (Å²) in [6, 6.07) is 8.24. The highest BCUT2D eigenvalue weighted by atomic mass is 16.2. The first-order valence-electron chi connectivity index (χ1n) is 7.88. The Hall–Kier alpha value is -2.17. The Morgan fingerprint density at radius 3 is 2.77 bits per heavy atom. The van der Waals surface area contributed by atoms with E-state index in [4.69, 9.17) is 0 Å². The van der Waals surface area contributed by atoms with Crippen LogP contribution in [-0.4, -0.2) is 38.4 Å². The molecule has 3 rings (SSSR count). The molecule has 1 atom stereocenters. The molecule has 1 saturated heterocycles. The summed E-state index contributed by atoms with van der Waals surface area (Å²) in [5.74, 6) is 0.00334. The molecule has 1 aliphatic rings. The molecule has 0 spiro atoms. The second-order valence-corrected chi connectivity index (χ2v) is 6.11. The zero-order chi connectivity index (χ0) is 15.7. The van der Waals surface area contributed by atoms with Crippen molar-refractivity contribution in [1.29, 1.82) is 0 Å². The molecule has 0 N–H and O–H groups in total. The van der Waals surface area contributed by atoms with Crippen molar-refractivity contribution in [3.05, 3.63) is 41.2 Å². The summed E-state index contributed by atoms with van der Waals surface area (Å²) in [5.41, 5.74) is 3.18. The van der Waals surface area contributed by atoms with Gasteiger partial charge in [-0.1, -0.05) is 12.1 Å². The van der Waals surface area contributed by atoms with E-state index < -0.39 is 0 Å². The lowest BCUT2D eigenvalue weighted by molar-refractivity contribution is 0.0628. The van der Waals surface area contributed by atoms with Crippen LogP contribution in [0, 0.1) is 13.8 Å². The van der Waals surface area contributed by atoms with E-state index in [9.17, 15) is 4.79 Å². The molecule has 1 aromatic heterocycles. The van der Waals surface area contributed by atoms with Gasteiger partial charge >= 0.3 is 0 Å². The number of hydrogen-bond acceptors (Lipinski definition) is 3. The summed E-state index contributed by atoms with van der Waals surface area (Å²) in [4.78, 5) is 16.2. The number of carbonyl (C=O) groups is 1. The van der Waals surface area contributed by atoms with Crippen LogP contribution in [0.15, 0.2) is 24.3 Å². The maximum atomic E-state index is 12.8. The fraction of sp³-hybridized carbons (Fsp3) is 0.471. The number of benzene rings is 1. The van der Waals surface area contributed by atoms with E-state index in [0.717, 1.165) is 30.6 Å². The smallest absolute Gasteiger partial charge is 0.276 e. The molecule has 1 aromatic carbocycles. The number of piperidine rings is 1. The van der Waals surface area contributed by atoms with Crippen LogP contribution in [0.1, 0.15) is 47.9 Å². The van der Waals surface area contributed by atoms with Gasteiger partial charge in [-0.05, 0) is 57.7 Å². The lowest BCUT2D eigenvalue weighted by Crippen LogP contribution is -2.42. The highest BCUT2D eigenvalue weighted by Crippen LogP contribution is 2.20. The lowest BCUT2D eigenvalue weighted by atomic mass is 10.0. The third kappa shape index (κ3) is 2.75. The van der Waals surface area contributed by atoms with E-state index >= 15 is 0 Å². The zero-order valence-corrected chi connectivity index (χ0v) is 13.4. The molecule has 5 nitrogen and oxygen atoms in total. The first kappa shape index (κ1) is 14.8. The number of hydrogen-bond donors (Lipinski definition) is 0. The minimum Gasteiger partial charge on any atom is -0.334 e. The van der Waals surface area contributed by atoms with Crippen molar-refractivity contribution in [2.45, 2.75) is 46.1 Å². The Morgan fingerprint density at radius 2 is 2.05 bits per heavy atom. The number of carbonyl (C=O) groups excluding carboxylic acids is 1. The molecule has 1 fully saturated rings. The molecule has 2 aromatic rings. The molecule has 2 heterocycles. The normalized spacial score (nSPS) is 18.5. The fourth-order valence-corrected chi connectivity index (χ4v) is 2.98. The minimum absolute atomic E-state index is 0.00334. The number of amides is 1. The number of nitrogens with zero attached hydrogens (tertiary/aromatic N) is 4. The van der Waals surface area contributed by atoms with Crippen LogP contribution in [0.3, 0.4) is 0 Å². The first-order chi connectivity index (χ1) is 10.6. The topological polar surface area (TPSA) is 51.0 Å². The van der Waals surface area contributed by atoms with E-state index in [1.165, 1.54) is 6.42 Å². The summed E-state index contributed by atoms with van der Waals surface area (Å²) in [5, 5.41) is 8.87. The quantitative estimate of drug-likeness (QED) is 0.856. The highest BCUT2D eigenvalue weighted by Gasteiger charge is 2.27. The molecule has 0 bridgehead atoms. The number of aromatic nitrogens is 3. The molecular formula is C17H22N4O. The van der Waals surface area contributed by atoms with E-state index in [1.54, 1.807) is 4.80 Å². The van der Waals surface area contributed by atoms with E-state index in [2.05, 4.69) is 17.1 Å². The molecule has 0 saturated carbocycles. The molecule has 0 unspecified atom stereocenters. The van der Waals surface area contributed by atoms with Gasteiger partial charge < -0.3 is 4.90 Å². The minimum atomic E-state index is 0.00334. The maximum Gasteiger partial charge on any atom is 0.276 e. The van der Waals surface area contributed by atoms with Crippen molar-refractivity contribution in [2.24, 2.45) is 0 Å². The van der Waals surface area contributed by atoms with Gasteiger partial charge in [-0.25, -0.2) is 0 Å². The SMILES string of the molecule is Cc1cccc(-n2nc(C)c(C(=O)N3CCCC[C@H]3C)n2)c1. The zero-order valence-electron chi connectivity index (χ0n) is 13.4. The molecule has 0 radical (unpaired) electrons. The van der Waals surface area contributed by atoms with Crippen LogP contribution in [0.4, 0.5) is 0 Å². The highest BCUT2D eigenvalue weighted by molar-refractivity contribution is 5.93. The average Bonchev–Trinajstić information content (AvgIpc) is 2.89. The Morgan fingerprint density at radius 1 is 1.23 bits per heavy atom. The second kappa shape index (κ2) is 5.91. The lowest BCUT2D eigenvalue weighted by Gasteiger charge is -2.32. The van der Waals surface area contributed by atoms with Gasteiger partial charge in [0.15, 0.2) is 5.69 Å². The number of aryl methyl sites for hydroxylation is 2. The van der Waals surface area contributed by atoms with E-state index in [1.807, 2.05) is 43.0 Å². The van der Waals surface area contributed by atoms with Gasteiger partial charge in [-0.15, -0.1) is 5.10 Å². The standard InChI is InChI=1S/C17H22N4O/c1-12-7-6-9-15(11-12)21-18-14(3)16(19-21)17(22)20-10-5-4-8-13(20)2/h6-7,9,11,13H,4-5,8,10H2,1-3H3/t13-/m1/s1. The molecular weight excluding hydrogens is 276 g/mol. The molecule has 116 valence electrons. The van der Waals surface area contributed by atoms with Gasteiger partial charge in [0, 0.05) is 12.6 Å². The van der Waals surface area contributed by atoms with Crippen LogP contribution in [-0.2, 0) is 0 Å². The summed E-state index contributed by atoms with van der Waals surface area (Å²) < 4.78 is 0. The van der Waals surface area contributed by atoms with Crippen molar-refractivity contribution in [3.8, 4) is 5.69 Å². The largest absolute Gasteiger partial charge is 0.334 e. The maximum absolute atomic E-state index is 12.8. The summed E-state index contributed by atoms with van der Waals surface area (Å²) in [6.45, 7) is 6.80.